The summed E-state index contributed by atoms with van der Waals surface area (Å²) >= 11 is 1.66. The lowest BCUT2D eigenvalue weighted by Crippen LogP contribution is -2.09. The highest BCUT2D eigenvalue weighted by Gasteiger charge is 2.23. The van der Waals surface area contributed by atoms with Gasteiger partial charge in [0.1, 0.15) is 11.1 Å². The van der Waals surface area contributed by atoms with Gasteiger partial charge in [-0.1, -0.05) is 37.3 Å². The van der Waals surface area contributed by atoms with Crippen LogP contribution < -0.4 is 0 Å². The molecule has 0 spiro atoms. The Labute approximate surface area is 150 Å². The van der Waals surface area contributed by atoms with E-state index < -0.39 is 0 Å². The Hall–Kier alpha value is -2.71. The highest BCUT2D eigenvalue weighted by atomic mass is 32.1. The average molecular weight is 346 g/mol. The molecule has 4 rings (SSSR count). The van der Waals surface area contributed by atoms with Crippen LogP contribution in [-0.4, -0.2) is 16.4 Å². The highest BCUT2D eigenvalue weighted by molar-refractivity contribution is 7.16. The highest BCUT2D eigenvalue weighted by Crippen LogP contribution is 2.40. The summed E-state index contributed by atoms with van der Waals surface area (Å²) in [6, 6.07) is 12.4. The molecule has 3 aromatic rings. The van der Waals surface area contributed by atoms with Crippen LogP contribution in [-0.2, 0) is 12.8 Å². The molecule has 0 saturated heterocycles. The number of nitriles is 1. The van der Waals surface area contributed by atoms with Gasteiger partial charge in [-0.3, -0.25) is 5.10 Å². The van der Waals surface area contributed by atoms with Gasteiger partial charge in [0.05, 0.1) is 17.5 Å². The van der Waals surface area contributed by atoms with Crippen molar-refractivity contribution in [1.82, 2.24) is 10.2 Å². The van der Waals surface area contributed by atoms with Gasteiger partial charge in [-0.05, 0) is 30.7 Å². The molecule has 124 valence electrons. The van der Waals surface area contributed by atoms with Crippen molar-refractivity contribution < 1.29 is 0 Å². The Bertz CT molecular complexity index is 959. The summed E-state index contributed by atoms with van der Waals surface area (Å²) in [5.74, 6) is 0.688. The molecule has 0 radical (unpaired) electrons. The predicted octanol–water partition coefficient (Wildman–Crippen LogP) is 4.89. The van der Waals surface area contributed by atoms with Crippen molar-refractivity contribution in [3.63, 3.8) is 0 Å². The molecule has 0 bridgehead atoms. The Morgan fingerprint density at radius 1 is 1.36 bits per heavy atom. The molecule has 1 N–H and O–H groups in total. The number of aliphatic imine (C=N–C) groups is 1. The molecule has 1 atom stereocenters. The number of aromatic nitrogens is 2. The van der Waals surface area contributed by atoms with E-state index in [1.165, 1.54) is 10.4 Å². The lowest BCUT2D eigenvalue weighted by Gasteiger charge is -2.17. The van der Waals surface area contributed by atoms with Crippen LogP contribution >= 0.6 is 11.3 Å². The van der Waals surface area contributed by atoms with Gasteiger partial charge in [0.25, 0.3) is 0 Å². The van der Waals surface area contributed by atoms with Crippen LogP contribution in [0, 0.1) is 17.2 Å². The van der Waals surface area contributed by atoms with Gasteiger partial charge in [0.2, 0.25) is 0 Å². The lowest BCUT2D eigenvalue weighted by atomic mass is 9.89. The summed E-state index contributed by atoms with van der Waals surface area (Å²) in [5.41, 5.74) is 4.91. The molecule has 2 heterocycles. The maximum absolute atomic E-state index is 9.58. The van der Waals surface area contributed by atoms with Gasteiger partial charge in [-0.25, -0.2) is 4.99 Å². The van der Waals surface area contributed by atoms with Gasteiger partial charge in [-0.15, -0.1) is 11.3 Å². The number of aromatic amines is 1. The minimum Gasteiger partial charge on any atom is -0.277 e. The smallest absolute Gasteiger partial charge is 0.134 e. The van der Waals surface area contributed by atoms with Crippen molar-refractivity contribution in [2.24, 2.45) is 10.9 Å². The van der Waals surface area contributed by atoms with Crippen molar-refractivity contribution in [3.05, 3.63) is 58.1 Å². The quantitative estimate of drug-likeness (QED) is 0.687. The van der Waals surface area contributed by atoms with Crippen molar-refractivity contribution in [3.8, 4) is 17.3 Å². The summed E-state index contributed by atoms with van der Waals surface area (Å²) in [5, 5.41) is 17.6. The fraction of sp³-hybridized carbons (Fsp3) is 0.250. The first-order valence-corrected chi connectivity index (χ1v) is 9.25. The molecular formula is C20H18N4S. The lowest BCUT2D eigenvalue weighted by molar-refractivity contribution is 0.507. The van der Waals surface area contributed by atoms with E-state index in [1.54, 1.807) is 17.5 Å². The van der Waals surface area contributed by atoms with E-state index in [0.717, 1.165) is 46.6 Å². The Kier molecular flexibility index (Phi) is 4.21. The van der Waals surface area contributed by atoms with Crippen LogP contribution in [0.25, 0.3) is 11.3 Å². The third kappa shape index (κ3) is 3.01. The van der Waals surface area contributed by atoms with E-state index in [0.29, 0.717) is 5.92 Å². The van der Waals surface area contributed by atoms with Gasteiger partial charge in [0.15, 0.2) is 0 Å². The third-order valence-electron chi connectivity index (χ3n) is 4.66. The number of H-pyrrole nitrogens is 1. The van der Waals surface area contributed by atoms with E-state index >= 15 is 0 Å². The standard InChI is InChI=1S/C20H18N4S/c1-13-7-8-16-17(10-21)20(25-18(16)9-13)22-11-15-12-23-24-19(15)14-5-3-2-4-6-14/h2-6,11-13H,7-9H2,1H3,(H,23,24)/b22-11+/t13-/m0/s1. The Morgan fingerprint density at radius 2 is 2.20 bits per heavy atom. The zero-order valence-electron chi connectivity index (χ0n) is 14.0. The molecule has 5 heteroatoms. The monoisotopic (exact) mass is 346 g/mol. The van der Waals surface area contributed by atoms with Gasteiger partial charge in [-0.2, -0.15) is 10.4 Å². The Balaban J connectivity index is 1.68. The summed E-state index contributed by atoms with van der Waals surface area (Å²) in [4.78, 5) is 5.98. The molecule has 0 unspecified atom stereocenters. The van der Waals surface area contributed by atoms with Crippen molar-refractivity contribution in [2.45, 2.75) is 26.2 Å². The van der Waals surface area contributed by atoms with Crippen LogP contribution in [0.4, 0.5) is 5.00 Å². The van der Waals surface area contributed by atoms with Crippen molar-refractivity contribution >= 4 is 22.6 Å². The topological polar surface area (TPSA) is 64.8 Å². The number of hydrogen-bond donors (Lipinski definition) is 1. The molecule has 25 heavy (non-hydrogen) atoms. The first-order chi connectivity index (χ1) is 12.3. The van der Waals surface area contributed by atoms with Crippen molar-refractivity contribution in [2.75, 3.05) is 0 Å². The molecule has 1 aliphatic rings. The van der Waals surface area contributed by atoms with E-state index in [1.807, 2.05) is 36.5 Å². The fourth-order valence-corrected chi connectivity index (χ4v) is 4.61. The van der Waals surface area contributed by atoms with E-state index in [4.69, 9.17) is 0 Å². The van der Waals surface area contributed by atoms with E-state index in [-0.39, 0.29) is 0 Å². The molecule has 0 aliphatic heterocycles. The summed E-state index contributed by atoms with van der Waals surface area (Å²) in [7, 11) is 0. The zero-order chi connectivity index (χ0) is 17.2. The number of hydrogen-bond acceptors (Lipinski definition) is 4. The number of fused-ring (bicyclic) bond motifs is 1. The molecular weight excluding hydrogens is 328 g/mol. The second-order valence-corrected chi connectivity index (χ2v) is 7.55. The normalized spacial score (nSPS) is 16.7. The van der Waals surface area contributed by atoms with E-state index in [2.05, 4.69) is 28.2 Å². The molecule has 0 fully saturated rings. The number of rotatable bonds is 3. The predicted molar refractivity (Wildman–Crippen MR) is 102 cm³/mol. The molecule has 1 aliphatic carbocycles. The first-order valence-electron chi connectivity index (χ1n) is 8.43. The van der Waals surface area contributed by atoms with Crippen LogP contribution in [0.2, 0.25) is 0 Å². The fourth-order valence-electron chi connectivity index (χ4n) is 3.30. The summed E-state index contributed by atoms with van der Waals surface area (Å²) in [6.45, 7) is 2.27. The Morgan fingerprint density at radius 3 is 3.00 bits per heavy atom. The third-order valence-corrected chi connectivity index (χ3v) is 5.82. The minimum atomic E-state index is 0.688. The maximum atomic E-state index is 9.58. The largest absolute Gasteiger partial charge is 0.277 e. The van der Waals surface area contributed by atoms with E-state index in [9.17, 15) is 5.26 Å². The van der Waals surface area contributed by atoms with Crippen molar-refractivity contribution in [1.29, 1.82) is 5.26 Å². The second-order valence-electron chi connectivity index (χ2n) is 6.47. The number of nitrogens with zero attached hydrogens (tertiary/aromatic N) is 3. The number of nitrogens with one attached hydrogen (secondary N) is 1. The SMILES string of the molecule is C[C@H]1CCc2c(sc(/N=C/c3cn[nH]c3-c3ccccc3)c2C#N)C1. The molecule has 0 saturated carbocycles. The summed E-state index contributed by atoms with van der Waals surface area (Å²) in [6.07, 6.45) is 6.79. The second kappa shape index (κ2) is 6.66. The molecule has 1 aromatic carbocycles. The van der Waals surface area contributed by atoms with Gasteiger partial charge >= 0.3 is 0 Å². The molecule has 2 aromatic heterocycles. The zero-order valence-corrected chi connectivity index (χ0v) is 14.8. The molecule has 4 nitrogen and oxygen atoms in total. The van der Waals surface area contributed by atoms with Crippen LogP contribution in [0.5, 0.6) is 0 Å². The average Bonchev–Trinajstić information content (AvgIpc) is 3.24. The summed E-state index contributed by atoms with van der Waals surface area (Å²) < 4.78 is 0. The number of thiophene rings is 1. The molecule has 0 amide bonds. The van der Waals surface area contributed by atoms with Crippen LogP contribution in [0.3, 0.4) is 0 Å². The van der Waals surface area contributed by atoms with Crippen LogP contribution in [0.15, 0.2) is 41.5 Å². The number of benzene rings is 1. The van der Waals surface area contributed by atoms with Crippen LogP contribution in [0.1, 0.15) is 34.9 Å². The maximum Gasteiger partial charge on any atom is 0.134 e. The first kappa shape index (κ1) is 15.8. The van der Waals surface area contributed by atoms with Gasteiger partial charge < -0.3 is 0 Å². The van der Waals surface area contributed by atoms with Gasteiger partial charge in [0, 0.05) is 22.2 Å². The minimum absolute atomic E-state index is 0.688.